The number of anilines is 3. The molecule has 1 spiro atoms. The van der Waals surface area contributed by atoms with Gasteiger partial charge in [-0.2, -0.15) is 0 Å². The van der Waals surface area contributed by atoms with Gasteiger partial charge in [-0.05, 0) is 133 Å². The van der Waals surface area contributed by atoms with E-state index in [1.54, 1.807) is 0 Å². The summed E-state index contributed by atoms with van der Waals surface area (Å²) in [6.07, 6.45) is 0. The first kappa shape index (κ1) is 39.3. The van der Waals surface area contributed by atoms with E-state index in [2.05, 4.69) is 254 Å². The van der Waals surface area contributed by atoms with Crippen molar-refractivity contribution in [2.24, 2.45) is 0 Å². The highest BCUT2D eigenvalue weighted by Crippen LogP contribution is 2.63. The number of hydrogen-bond acceptors (Lipinski definition) is 3. The van der Waals surface area contributed by atoms with Crippen molar-refractivity contribution in [2.75, 3.05) is 4.90 Å². The third kappa shape index (κ3) is 5.55. The molecule has 11 aromatic carbocycles. The van der Waals surface area contributed by atoms with Crippen LogP contribution < -0.4 is 9.64 Å². The molecule has 3 heteroatoms. The molecule has 0 fully saturated rings. The zero-order valence-electron chi connectivity index (χ0n) is 37.9. The molecule has 326 valence electrons. The van der Waals surface area contributed by atoms with E-state index in [1.807, 2.05) is 11.3 Å². The second-order valence-corrected chi connectivity index (χ2v) is 19.7. The summed E-state index contributed by atoms with van der Waals surface area (Å²) in [6.45, 7) is 0. The number of para-hydroxylation sites is 2. The summed E-state index contributed by atoms with van der Waals surface area (Å²) in [7, 11) is 0. The molecule has 2 nitrogen and oxygen atoms in total. The lowest BCUT2D eigenvalue weighted by atomic mass is 9.65. The number of fused-ring (bicyclic) bond motifs is 20. The van der Waals surface area contributed by atoms with Crippen molar-refractivity contribution in [3.05, 3.63) is 271 Å². The molecule has 0 amide bonds. The topological polar surface area (TPSA) is 12.5 Å². The van der Waals surface area contributed by atoms with E-state index < -0.39 is 5.41 Å². The predicted octanol–water partition coefficient (Wildman–Crippen LogP) is 18.6. The summed E-state index contributed by atoms with van der Waals surface area (Å²) in [6, 6.07) is 92.2. The van der Waals surface area contributed by atoms with Gasteiger partial charge in [-0.15, -0.1) is 11.3 Å². The van der Waals surface area contributed by atoms with Gasteiger partial charge in [0.15, 0.2) is 0 Å². The van der Waals surface area contributed by atoms with Gasteiger partial charge in [0.25, 0.3) is 0 Å². The van der Waals surface area contributed by atoms with Gasteiger partial charge >= 0.3 is 0 Å². The molecule has 2 aliphatic carbocycles. The summed E-state index contributed by atoms with van der Waals surface area (Å²) < 4.78 is 9.46. The smallest absolute Gasteiger partial charge is 0.135 e. The Morgan fingerprint density at radius 2 is 0.814 bits per heavy atom. The molecule has 70 heavy (non-hydrogen) atoms. The van der Waals surface area contributed by atoms with E-state index in [9.17, 15) is 0 Å². The lowest BCUT2D eigenvalue weighted by Gasteiger charge is -2.37. The summed E-state index contributed by atoms with van der Waals surface area (Å²) in [5.74, 6) is 1.69. The fourth-order valence-electron chi connectivity index (χ4n) is 12.2. The Kier molecular flexibility index (Phi) is 8.48. The molecule has 0 saturated heterocycles. The highest BCUT2D eigenvalue weighted by atomic mass is 32.1. The van der Waals surface area contributed by atoms with Crippen molar-refractivity contribution in [1.29, 1.82) is 0 Å². The highest BCUT2D eigenvalue weighted by Gasteiger charge is 2.50. The van der Waals surface area contributed by atoms with Crippen LogP contribution in [0.25, 0.3) is 86.9 Å². The molecule has 1 aliphatic heterocycles. The number of ether oxygens (including phenoxy) is 1. The Morgan fingerprint density at radius 3 is 1.57 bits per heavy atom. The molecule has 0 saturated carbocycles. The van der Waals surface area contributed by atoms with Crippen LogP contribution in [0.3, 0.4) is 0 Å². The first-order valence-corrected chi connectivity index (χ1v) is 24.9. The average Bonchev–Trinajstić information content (AvgIpc) is 3.86. The zero-order valence-corrected chi connectivity index (χ0v) is 38.8. The normalized spacial score (nSPS) is 14.5. The Balaban J connectivity index is 1.06. The molecule has 0 bridgehead atoms. The second-order valence-electron chi connectivity index (χ2n) is 18.7. The van der Waals surface area contributed by atoms with Crippen molar-refractivity contribution < 1.29 is 4.74 Å². The summed E-state index contributed by atoms with van der Waals surface area (Å²) >= 11 is 1.89. The fourth-order valence-corrected chi connectivity index (χ4v) is 13.3. The largest absolute Gasteiger partial charge is 0.456 e. The Morgan fingerprint density at radius 1 is 0.300 bits per heavy atom. The van der Waals surface area contributed by atoms with Crippen LogP contribution in [0.15, 0.2) is 249 Å². The fraction of sp³-hybridized carbons (Fsp3) is 0.0149. The maximum absolute atomic E-state index is 6.84. The highest BCUT2D eigenvalue weighted by molar-refractivity contribution is 7.25. The van der Waals surface area contributed by atoms with Crippen LogP contribution in [0.2, 0.25) is 0 Å². The van der Waals surface area contributed by atoms with Gasteiger partial charge in [0.2, 0.25) is 0 Å². The number of benzene rings is 11. The van der Waals surface area contributed by atoms with Gasteiger partial charge in [0, 0.05) is 48.2 Å². The Hall–Kier alpha value is -8.76. The van der Waals surface area contributed by atoms with E-state index in [0.29, 0.717) is 0 Å². The standard InChI is InChI=1S/C67H41NOS/c1-2-18-42(19-3-1)45-20-10-15-31-62(45)68(43-35-37-64-56(38-43)49-24-7-6-23-48(49)53-27-11-16-32-63(53)69-64)44-34-36-52-47-22-5-4-21-46(47)50-25-8-13-29-58(50)67(60(52)39-44)59-30-14-9-26-51(59)55-41-66-57(40-61(55)67)54-28-12-17-33-65(54)70-66/h1-41H. The van der Waals surface area contributed by atoms with Crippen LogP contribution in [-0.2, 0) is 5.41 Å². The minimum absolute atomic E-state index is 0.680. The van der Waals surface area contributed by atoms with Gasteiger partial charge in [0.05, 0.1) is 11.1 Å². The summed E-state index contributed by atoms with van der Waals surface area (Å²) in [5.41, 5.74) is 21.9. The SMILES string of the molecule is c1ccc(-c2ccccc2N(c2ccc3c(c2)-c2ccccc2-c2ccccc2O3)c2ccc3c(c2)C2(c4ccccc4-c4ccccc4-3)c3ccccc3-c3cc4sc5ccccc5c4cc32)cc1. The number of rotatable bonds is 4. The van der Waals surface area contributed by atoms with E-state index in [1.165, 1.54) is 75.8 Å². The van der Waals surface area contributed by atoms with Crippen molar-refractivity contribution in [2.45, 2.75) is 5.41 Å². The molecule has 12 aromatic rings. The molecule has 0 radical (unpaired) electrons. The monoisotopic (exact) mass is 907 g/mol. The Bertz CT molecular complexity index is 4130. The van der Waals surface area contributed by atoms with Crippen LogP contribution in [0.4, 0.5) is 17.1 Å². The second kappa shape index (κ2) is 15.1. The van der Waals surface area contributed by atoms with Crippen LogP contribution in [-0.4, -0.2) is 0 Å². The van der Waals surface area contributed by atoms with Gasteiger partial charge in [-0.25, -0.2) is 0 Å². The Labute approximate surface area is 410 Å². The minimum atomic E-state index is -0.680. The predicted molar refractivity (Wildman–Crippen MR) is 292 cm³/mol. The number of thiophene rings is 1. The van der Waals surface area contributed by atoms with Crippen LogP contribution in [0.5, 0.6) is 11.5 Å². The molecule has 2 heterocycles. The third-order valence-electron chi connectivity index (χ3n) is 15.1. The minimum Gasteiger partial charge on any atom is -0.456 e. The molecule has 1 aromatic heterocycles. The molecule has 1 atom stereocenters. The lowest BCUT2D eigenvalue weighted by Crippen LogP contribution is -2.29. The number of nitrogens with zero attached hydrogens (tertiary/aromatic N) is 1. The van der Waals surface area contributed by atoms with Gasteiger partial charge in [-0.1, -0.05) is 188 Å². The zero-order chi connectivity index (χ0) is 45.9. The van der Waals surface area contributed by atoms with Gasteiger partial charge < -0.3 is 9.64 Å². The van der Waals surface area contributed by atoms with Gasteiger partial charge in [-0.3, -0.25) is 0 Å². The summed E-state index contributed by atoms with van der Waals surface area (Å²) in [5, 5.41) is 2.60. The first-order chi connectivity index (χ1) is 34.7. The van der Waals surface area contributed by atoms with Crippen LogP contribution in [0.1, 0.15) is 22.3 Å². The van der Waals surface area contributed by atoms with Crippen molar-refractivity contribution in [3.63, 3.8) is 0 Å². The van der Waals surface area contributed by atoms with E-state index in [-0.39, 0.29) is 0 Å². The maximum Gasteiger partial charge on any atom is 0.135 e. The maximum atomic E-state index is 6.84. The summed E-state index contributed by atoms with van der Waals surface area (Å²) in [4.78, 5) is 2.48. The van der Waals surface area contributed by atoms with Crippen molar-refractivity contribution in [1.82, 2.24) is 0 Å². The number of hydrogen-bond donors (Lipinski definition) is 0. The third-order valence-corrected chi connectivity index (χ3v) is 16.2. The lowest BCUT2D eigenvalue weighted by molar-refractivity contribution is 0.488. The quantitative estimate of drug-likeness (QED) is 0.174. The van der Waals surface area contributed by atoms with Gasteiger partial charge in [0.1, 0.15) is 11.5 Å². The molecule has 1 unspecified atom stereocenters. The average molecular weight is 908 g/mol. The molecule has 0 N–H and O–H groups in total. The van der Waals surface area contributed by atoms with E-state index >= 15 is 0 Å². The molecule has 15 rings (SSSR count). The van der Waals surface area contributed by atoms with Crippen LogP contribution >= 0.6 is 11.3 Å². The first-order valence-electron chi connectivity index (χ1n) is 24.1. The molecular weight excluding hydrogens is 867 g/mol. The van der Waals surface area contributed by atoms with Crippen LogP contribution in [0, 0.1) is 0 Å². The molecule has 3 aliphatic rings. The van der Waals surface area contributed by atoms with E-state index in [0.717, 1.165) is 61.9 Å². The van der Waals surface area contributed by atoms with E-state index in [4.69, 9.17) is 4.74 Å². The van der Waals surface area contributed by atoms with Crippen molar-refractivity contribution >= 4 is 48.6 Å². The molecular formula is C67H41NOS. The van der Waals surface area contributed by atoms with Crippen molar-refractivity contribution in [3.8, 4) is 78.3 Å².